The van der Waals surface area contributed by atoms with Gasteiger partial charge in [0.05, 0.1) is 22.4 Å². The molecule has 3 aromatic rings. The summed E-state index contributed by atoms with van der Waals surface area (Å²) in [5, 5.41) is 3.57. The van der Waals surface area contributed by atoms with E-state index in [1.165, 1.54) is 16.2 Å². The van der Waals surface area contributed by atoms with Gasteiger partial charge in [-0.05, 0) is 18.2 Å². The van der Waals surface area contributed by atoms with Crippen LogP contribution in [-0.4, -0.2) is 16.9 Å². The molecule has 108 valence electrons. The highest BCUT2D eigenvalue weighted by Gasteiger charge is 2.33. The minimum Gasteiger partial charge on any atom is -0.365 e. The number of hydrogen-bond donors (Lipinski definition) is 2. The number of thiophene rings is 1. The first-order valence-electron chi connectivity index (χ1n) is 6.54. The lowest BCUT2D eigenvalue weighted by Crippen LogP contribution is -2.34. The van der Waals surface area contributed by atoms with Gasteiger partial charge in [-0.1, -0.05) is 18.2 Å². The van der Waals surface area contributed by atoms with Crippen LogP contribution in [0.5, 0.6) is 0 Å². The van der Waals surface area contributed by atoms with E-state index in [0.29, 0.717) is 26.8 Å². The molecule has 0 spiro atoms. The minimum absolute atomic E-state index is 0.327. The Kier molecular flexibility index (Phi) is 2.64. The number of anilines is 3. The third kappa shape index (κ3) is 1.69. The Balaban J connectivity index is 2.08. The molecular weight excluding hydrogens is 300 g/mol. The van der Waals surface area contributed by atoms with Gasteiger partial charge in [0.15, 0.2) is 0 Å². The van der Waals surface area contributed by atoms with Crippen molar-refractivity contribution in [1.29, 1.82) is 0 Å². The van der Waals surface area contributed by atoms with E-state index < -0.39 is 5.91 Å². The molecule has 0 aliphatic carbocycles. The zero-order chi connectivity index (χ0) is 15.3. The van der Waals surface area contributed by atoms with Crippen LogP contribution in [-0.2, 0) is 0 Å². The second-order valence-electron chi connectivity index (χ2n) is 4.78. The lowest BCUT2D eigenvalue weighted by molar-refractivity contribution is 0.100. The number of urea groups is 1. The summed E-state index contributed by atoms with van der Waals surface area (Å²) in [6.07, 6.45) is 1.60. The van der Waals surface area contributed by atoms with Gasteiger partial charge in [0.25, 0.3) is 5.91 Å². The topological polar surface area (TPSA) is 88.3 Å². The van der Waals surface area contributed by atoms with E-state index in [9.17, 15) is 9.59 Å². The SMILES string of the molecule is NC(=O)c1sc2nccc3c2c1N(c1ccccc1)C(=O)N3. The van der Waals surface area contributed by atoms with Crippen molar-refractivity contribution in [2.24, 2.45) is 5.73 Å². The summed E-state index contributed by atoms with van der Waals surface area (Å²) in [5.74, 6) is -0.570. The fourth-order valence-corrected chi connectivity index (χ4v) is 3.59. The van der Waals surface area contributed by atoms with Crippen molar-refractivity contribution in [1.82, 2.24) is 4.98 Å². The molecule has 3 N–H and O–H groups in total. The standard InChI is InChI=1S/C15H10N4O2S/c16-13(20)12-11-10-9(6-7-17-14(10)22-12)18-15(21)19(11)8-4-2-1-3-5-8/h1-7H,(H2,16,20)(H,18,21). The number of para-hydroxylation sites is 1. The smallest absolute Gasteiger partial charge is 0.331 e. The number of rotatable bonds is 2. The highest BCUT2D eigenvalue weighted by Crippen LogP contribution is 2.46. The Hall–Kier alpha value is -2.93. The molecule has 22 heavy (non-hydrogen) atoms. The number of nitrogens with one attached hydrogen (secondary N) is 1. The minimum atomic E-state index is -0.570. The van der Waals surface area contributed by atoms with Crippen LogP contribution in [0.3, 0.4) is 0 Å². The normalized spacial score (nSPS) is 13.3. The van der Waals surface area contributed by atoms with Crippen LogP contribution in [0, 0.1) is 0 Å². The first kappa shape index (κ1) is 12.8. The van der Waals surface area contributed by atoms with Crippen molar-refractivity contribution in [3.05, 3.63) is 47.5 Å². The molecule has 0 saturated carbocycles. The lowest BCUT2D eigenvalue weighted by Gasteiger charge is -2.28. The van der Waals surface area contributed by atoms with E-state index in [2.05, 4.69) is 10.3 Å². The summed E-state index contributed by atoms with van der Waals surface area (Å²) in [4.78, 5) is 31.1. The molecular formula is C15H10N4O2S. The molecule has 0 atom stereocenters. The van der Waals surface area contributed by atoms with E-state index in [1.807, 2.05) is 18.2 Å². The fourth-order valence-electron chi connectivity index (χ4n) is 2.59. The molecule has 0 radical (unpaired) electrons. The highest BCUT2D eigenvalue weighted by atomic mass is 32.1. The maximum atomic E-state index is 12.5. The third-order valence-corrected chi connectivity index (χ3v) is 4.57. The van der Waals surface area contributed by atoms with Crippen molar-refractivity contribution in [3.8, 4) is 0 Å². The number of pyridine rings is 1. The Labute approximate surface area is 129 Å². The third-order valence-electron chi connectivity index (χ3n) is 3.47. The predicted molar refractivity (Wildman–Crippen MR) is 85.7 cm³/mol. The van der Waals surface area contributed by atoms with Gasteiger partial charge in [-0.15, -0.1) is 11.3 Å². The van der Waals surface area contributed by atoms with Gasteiger partial charge in [-0.2, -0.15) is 0 Å². The molecule has 3 amide bonds. The zero-order valence-corrected chi connectivity index (χ0v) is 12.1. The number of hydrogen-bond acceptors (Lipinski definition) is 4. The fraction of sp³-hybridized carbons (Fsp3) is 0. The van der Waals surface area contributed by atoms with Crippen LogP contribution < -0.4 is 16.0 Å². The maximum Gasteiger partial charge on any atom is 0.331 e. The number of carbonyl (C=O) groups is 2. The Bertz CT molecular complexity index is 920. The number of carbonyl (C=O) groups excluding carboxylic acids is 2. The molecule has 7 heteroatoms. The van der Waals surface area contributed by atoms with E-state index >= 15 is 0 Å². The van der Waals surface area contributed by atoms with Crippen LogP contribution in [0.4, 0.5) is 21.9 Å². The summed E-state index contributed by atoms with van der Waals surface area (Å²) in [6, 6.07) is 10.5. The largest absolute Gasteiger partial charge is 0.365 e. The van der Waals surface area contributed by atoms with Crippen LogP contribution >= 0.6 is 11.3 Å². The summed E-state index contributed by atoms with van der Waals surface area (Å²) in [7, 11) is 0. The Morgan fingerprint density at radius 1 is 1.23 bits per heavy atom. The number of aromatic nitrogens is 1. The Morgan fingerprint density at radius 3 is 2.73 bits per heavy atom. The number of nitrogens with zero attached hydrogens (tertiary/aromatic N) is 2. The molecule has 1 aliphatic heterocycles. The quantitative estimate of drug-likeness (QED) is 0.762. The molecule has 0 unspecified atom stereocenters. The lowest BCUT2D eigenvalue weighted by atomic mass is 10.1. The van der Waals surface area contributed by atoms with Gasteiger partial charge in [-0.3, -0.25) is 9.69 Å². The molecule has 2 aromatic heterocycles. The van der Waals surface area contributed by atoms with Gasteiger partial charge < -0.3 is 11.1 Å². The second kappa shape index (κ2) is 4.54. The molecule has 1 aliphatic rings. The summed E-state index contributed by atoms with van der Waals surface area (Å²) >= 11 is 1.19. The predicted octanol–water partition coefficient (Wildman–Crippen LogP) is 3.08. The Morgan fingerprint density at radius 2 is 2.00 bits per heavy atom. The van der Waals surface area contributed by atoms with Gasteiger partial charge in [0, 0.05) is 6.20 Å². The number of nitrogens with two attached hydrogens (primary N) is 1. The molecule has 4 rings (SSSR count). The number of benzene rings is 1. The molecule has 0 bridgehead atoms. The van der Waals surface area contributed by atoms with E-state index in [-0.39, 0.29) is 6.03 Å². The first-order chi connectivity index (χ1) is 10.7. The second-order valence-corrected chi connectivity index (χ2v) is 5.78. The van der Waals surface area contributed by atoms with Gasteiger partial charge in [0.2, 0.25) is 0 Å². The van der Waals surface area contributed by atoms with E-state index in [4.69, 9.17) is 5.73 Å². The molecule has 1 aromatic carbocycles. The van der Waals surface area contributed by atoms with Crippen molar-refractivity contribution in [3.63, 3.8) is 0 Å². The molecule has 0 saturated heterocycles. The summed E-state index contributed by atoms with van der Waals surface area (Å²) in [5.41, 5.74) is 7.31. The van der Waals surface area contributed by atoms with Crippen LogP contribution in [0.1, 0.15) is 9.67 Å². The van der Waals surface area contributed by atoms with E-state index in [1.54, 1.807) is 24.4 Å². The van der Waals surface area contributed by atoms with Crippen LogP contribution in [0.15, 0.2) is 42.6 Å². The van der Waals surface area contributed by atoms with Crippen LogP contribution in [0.2, 0.25) is 0 Å². The zero-order valence-electron chi connectivity index (χ0n) is 11.2. The van der Waals surface area contributed by atoms with Crippen molar-refractivity contribution < 1.29 is 9.59 Å². The highest BCUT2D eigenvalue weighted by molar-refractivity contribution is 7.21. The van der Waals surface area contributed by atoms with Gasteiger partial charge in [-0.25, -0.2) is 9.78 Å². The van der Waals surface area contributed by atoms with Gasteiger partial charge in [0.1, 0.15) is 9.71 Å². The first-order valence-corrected chi connectivity index (χ1v) is 7.36. The molecule has 0 fully saturated rings. The summed E-state index contributed by atoms with van der Waals surface area (Å²) < 4.78 is 0. The molecule has 3 heterocycles. The molecule has 6 nitrogen and oxygen atoms in total. The monoisotopic (exact) mass is 310 g/mol. The van der Waals surface area contributed by atoms with Crippen molar-refractivity contribution in [2.75, 3.05) is 10.2 Å². The van der Waals surface area contributed by atoms with E-state index in [0.717, 1.165) is 5.39 Å². The number of amides is 3. The maximum absolute atomic E-state index is 12.5. The average Bonchev–Trinajstić information content (AvgIpc) is 2.90. The number of primary amides is 1. The van der Waals surface area contributed by atoms with Crippen molar-refractivity contribution >= 4 is 50.6 Å². The van der Waals surface area contributed by atoms with Crippen LogP contribution in [0.25, 0.3) is 10.2 Å². The summed E-state index contributed by atoms with van der Waals surface area (Å²) in [6.45, 7) is 0. The average molecular weight is 310 g/mol. The van der Waals surface area contributed by atoms with Crippen molar-refractivity contribution in [2.45, 2.75) is 0 Å². The van der Waals surface area contributed by atoms with Gasteiger partial charge >= 0.3 is 6.03 Å².